The number of aliphatic imine (C=N–C) groups is 1. The van der Waals surface area contributed by atoms with E-state index in [1.54, 1.807) is 37.3 Å². The highest BCUT2D eigenvalue weighted by Crippen LogP contribution is 2.50. The molecule has 2 aromatic rings. The number of hydrogen-bond donors (Lipinski definition) is 2. The van der Waals surface area contributed by atoms with E-state index < -0.39 is 17.6 Å². The van der Waals surface area contributed by atoms with Gasteiger partial charge in [0, 0.05) is 27.7 Å². The van der Waals surface area contributed by atoms with Crippen LogP contribution in [0.4, 0.5) is 0 Å². The third-order valence-corrected chi connectivity index (χ3v) is 9.33. The smallest absolute Gasteiger partial charge is 0.308 e. The van der Waals surface area contributed by atoms with Crippen LogP contribution >= 0.6 is 23.2 Å². The van der Waals surface area contributed by atoms with Gasteiger partial charge in [0.25, 0.3) is 11.8 Å². The molecule has 1 aliphatic carbocycles. The normalized spacial score (nSPS) is 22.1. The topological polar surface area (TPSA) is 99.1 Å². The van der Waals surface area contributed by atoms with E-state index in [4.69, 9.17) is 33.3 Å². The molecule has 1 aliphatic heterocycles. The van der Waals surface area contributed by atoms with Crippen molar-refractivity contribution in [3.63, 3.8) is 0 Å². The summed E-state index contributed by atoms with van der Waals surface area (Å²) in [5, 5.41) is 12.7. The number of halogens is 2. The number of rotatable bonds is 9. The van der Waals surface area contributed by atoms with Gasteiger partial charge < -0.3 is 15.3 Å². The van der Waals surface area contributed by atoms with E-state index in [0.29, 0.717) is 32.8 Å². The Labute approximate surface area is 265 Å². The Morgan fingerprint density at radius 2 is 1.63 bits per heavy atom. The summed E-state index contributed by atoms with van der Waals surface area (Å²) in [5.74, 6) is -1.31. The predicted molar refractivity (Wildman–Crippen MR) is 172 cm³/mol. The summed E-state index contributed by atoms with van der Waals surface area (Å²) in [5.41, 5.74) is 1.84. The van der Waals surface area contributed by atoms with Gasteiger partial charge in [0.2, 0.25) is 0 Å². The van der Waals surface area contributed by atoms with Gasteiger partial charge in [-0.15, -0.1) is 0 Å². The van der Waals surface area contributed by atoms with Crippen LogP contribution in [0.25, 0.3) is 0 Å². The third kappa shape index (κ3) is 7.43. The molecule has 0 bridgehead atoms. The van der Waals surface area contributed by atoms with Gasteiger partial charge in [-0.05, 0) is 85.3 Å². The monoisotopic (exact) mass is 627 g/mol. The first-order valence-electron chi connectivity index (χ1n) is 15.1. The highest BCUT2D eigenvalue weighted by Gasteiger charge is 2.52. The number of carbonyl (C=O) groups is 3. The molecule has 43 heavy (non-hydrogen) atoms. The van der Waals surface area contributed by atoms with Crippen molar-refractivity contribution in [3.8, 4) is 0 Å². The van der Waals surface area contributed by atoms with E-state index in [1.165, 1.54) is 0 Å². The van der Waals surface area contributed by atoms with Crippen molar-refractivity contribution < 1.29 is 19.5 Å². The number of aliphatic carboxylic acids is 1. The van der Waals surface area contributed by atoms with Crippen LogP contribution in [0.5, 0.6) is 0 Å². The fraction of sp³-hybridized carbons (Fsp3) is 0.529. The molecule has 1 spiro atoms. The first-order valence-corrected chi connectivity index (χ1v) is 15.9. The highest BCUT2D eigenvalue weighted by molar-refractivity contribution is 6.47. The quantitative estimate of drug-likeness (QED) is 0.296. The van der Waals surface area contributed by atoms with E-state index >= 15 is 0 Å². The molecule has 7 nitrogen and oxygen atoms in total. The van der Waals surface area contributed by atoms with Crippen LogP contribution in [-0.2, 0) is 9.59 Å². The van der Waals surface area contributed by atoms with Crippen LogP contribution in [0.1, 0.15) is 101 Å². The summed E-state index contributed by atoms with van der Waals surface area (Å²) in [6, 6.07) is 12.2. The average Bonchev–Trinajstić information content (AvgIpc) is 3.20. The summed E-state index contributed by atoms with van der Waals surface area (Å²) >= 11 is 12.7. The number of hydrogen-bond acceptors (Lipinski definition) is 4. The van der Waals surface area contributed by atoms with Crippen LogP contribution in [0.2, 0.25) is 10.0 Å². The zero-order chi connectivity index (χ0) is 31.7. The predicted octanol–water partition coefficient (Wildman–Crippen LogP) is 7.80. The van der Waals surface area contributed by atoms with Crippen LogP contribution in [0.3, 0.4) is 0 Å². The number of carboxylic acid groups (broad SMARTS) is 1. The molecule has 232 valence electrons. The van der Waals surface area contributed by atoms with Gasteiger partial charge in [-0.2, -0.15) is 0 Å². The molecule has 0 aromatic heterocycles. The molecule has 0 saturated heterocycles. The summed E-state index contributed by atoms with van der Waals surface area (Å²) in [6.07, 6.45) is 4.16. The van der Waals surface area contributed by atoms with Crippen molar-refractivity contribution in [1.29, 1.82) is 0 Å². The lowest BCUT2D eigenvalue weighted by molar-refractivity contribution is -0.141. The molecule has 1 heterocycles. The van der Waals surface area contributed by atoms with Crippen LogP contribution in [0, 0.1) is 23.2 Å². The number of benzene rings is 2. The number of nitrogens with zero attached hydrogens (tertiary/aromatic N) is 2. The molecule has 1 saturated carbocycles. The Morgan fingerprint density at radius 1 is 1.05 bits per heavy atom. The molecule has 4 rings (SSSR count). The second-order valence-corrected chi connectivity index (χ2v) is 14.5. The molecule has 2 atom stereocenters. The lowest BCUT2D eigenvalue weighted by Gasteiger charge is -2.47. The molecule has 2 aliphatic rings. The fourth-order valence-electron chi connectivity index (χ4n) is 6.35. The van der Waals surface area contributed by atoms with Gasteiger partial charge in [-0.3, -0.25) is 19.4 Å². The molecule has 2 N–H and O–H groups in total. The molecule has 0 radical (unpaired) electrons. The van der Waals surface area contributed by atoms with Crippen molar-refractivity contribution in [2.45, 2.75) is 85.4 Å². The minimum absolute atomic E-state index is 0.0416. The Hall–Kier alpha value is -2.90. The number of nitrogens with one attached hydrogen (secondary N) is 1. The third-order valence-electron chi connectivity index (χ3n) is 8.89. The maximum absolute atomic E-state index is 14.5. The van der Waals surface area contributed by atoms with Gasteiger partial charge >= 0.3 is 5.97 Å². The number of carboxylic acids is 1. The van der Waals surface area contributed by atoms with E-state index in [1.807, 2.05) is 17.0 Å². The SMILES string of the molecule is CC(C)CC(c1ccc(C(=O)NC[C@@H](C)C(=O)O)cc1)N1C(=O)C(c2cc(Cl)cc(Cl)c2)=NC12CCC(C(C)(C)C)CC2. The minimum Gasteiger partial charge on any atom is -0.481 e. The second-order valence-electron chi connectivity index (χ2n) is 13.6. The Bertz CT molecular complexity index is 1370. The Kier molecular flexibility index (Phi) is 9.97. The lowest BCUT2D eigenvalue weighted by atomic mass is 9.69. The zero-order valence-electron chi connectivity index (χ0n) is 25.9. The molecule has 2 aromatic carbocycles. The summed E-state index contributed by atoms with van der Waals surface area (Å²) in [7, 11) is 0. The van der Waals surface area contributed by atoms with Crippen molar-refractivity contribution in [3.05, 3.63) is 69.2 Å². The summed E-state index contributed by atoms with van der Waals surface area (Å²) < 4.78 is 0. The van der Waals surface area contributed by atoms with Gasteiger partial charge in [-0.25, -0.2) is 0 Å². The van der Waals surface area contributed by atoms with E-state index in [9.17, 15) is 14.4 Å². The van der Waals surface area contributed by atoms with Crippen molar-refractivity contribution in [2.24, 2.45) is 28.2 Å². The summed E-state index contributed by atoms with van der Waals surface area (Å²) in [4.78, 5) is 45.6. The van der Waals surface area contributed by atoms with E-state index in [-0.39, 0.29) is 35.7 Å². The van der Waals surface area contributed by atoms with Gasteiger partial charge in [-0.1, -0.05) is 76.9 Å². The minimum atomic E-state index is -0.963. The van der Waals surface area contributed by atoms with Gasteiger partial charge in [0.15, 0.2) is 0 Å². The second kappa shape index (κ2) is 13.0. The van der Waals surface area contributed by atoms with Gasteiger partial charge in [0.1, 0.15) is 11.4 Å². The van der Waals surface area contributed by atoms with Crippen LogP contribution < -0.4 is 5.32 Å². The van der Waals surface area contributed by atoms with Crippen LogP contribution in [0.15, 0.2) is 47.5 Å². The largest absolute Gasteiger partial charge is 0.481 e. The Morgan fingerprint density at radius 3 is 2.14 bits per heavy atom. The standard InChI is InChI=1S/C34H43Cl2N3O4/c1-20(2)15-28(22-7-9-23(10-8-22)30(40)37-19-21(3)32(42)43)39-31(41)29(24-16-26(35)18-27(36)17-24)38-34(39)13-11-25(12-14-34)33(4,5)6/h7-10,16-18,20-21,25,28H,11-15,19H2,1-6H3,(H,37,40)(H,42,43)/t21-,25?,28?,34?/m1/s1. The molecule has 2 amide bonds. The molecular weight excluding hydrogens is 585 g/mol. The maximum Gasteiger partial charge on any atom is 0.308 e. The molecule has 1 fully saturated rings. The van der Waals surface area contributed by atoms with Crippen LogP contribution in [-0.4, -0.2) is 45.7 Å². The fourth-order valence-corrected chi connectivity index (χ4v) is 6.88. The zero-order valence-corrected chi connectivity index (χ0v) is 27.4. The van der Waals surface area contributed by atoms with E-state index in [0.717, 1.165) is 37.7 Å². The first kappa shape index (κ1) is 33.0. The maximum atomic E-state index is 14.5. The Balaban J connectivity index is 1.71. The molecule has 1 unspecified atom stereocenters. The van der Waals surface area contributed by atoms with E-state index in [2.05, 4.69) is 39.9 Å². The molecule has 9 heteroatoms. The van der Waals surface area contributed by atoms with Crippen molar-refractivity contribution >= 4 is 46.7 Å². The van der Waals surface area contributed by atoms with Crippen molar-refractivity contribution in [1.82, 2.24) is 10.2 Å². The highest BCUT2D eigenvalue weighted by atomic mass is 35.5. The average molecular weight is 629 g/mol. The molecular formula is C34H43Cl2N3O4. The van der Waals surface area contributed by atoms with Gasteiger partial charge in [0.05, 0.1) is 12.0 Å². The lowest BCUT2D eigenvalue weighted by Crippen LogP contribution is -2.51. The number of amides is 2. The summed E-state index contributed by atoms with van der Waals surface area (Å²) in [6.45, 7) is 12.7. The first-order chi connectivity index (χ1) is 20.1. The number of carbonyl (C=O) groups excluding carboxylic acids is 2. The van der Waals surface area contributed by atoms with Crippen molar-refractivity contribution in [2.75, 3.05) is 6.54 Å².